The van der Waals surface area contributed by atoms with Crippen LogP contribution in [-0.4, -0.2) is 39.8 Å². The van der Waals surface area contributed by atoms with Gasteiger partial charge in [0.05, 0.1) is 12.8 Å². The van der Waals surface area contributed by atoms with E-state index in [1.165, 1.54) is 19.0 Å². The summed E-state index contributed by atoms with van der Waals surface area (Å²) in [6.45, 7) is 2.94. The zero-order valence-corrected chi connectivity index (χ0v) is 13.7. The van der Waals surface area contributed by atoms with Gasteiger partial charge in [0.2, 0.25) is 0 Å². The molecule has 0 radical (unpaired) electrons. The highest BCUT2D eigenvalue weighted by Gasteiger charge is 2.35. The third-order valence-corrected chi connectivity index (χ3v) is 4.95. The van der Waals surface area contributed by atoms with Crippen LogP contribution in [0, 0.1) is 11.3 Å². The first-order valence-corrected chi connectivity index (χ1v) is 8.49. The topological polar surface area (TPSA) is 83.5 Å². The molecule has 4 rings (SSSR count). The van der Waals surface area contributed by atoms with Gasteiger partial charge in [-0.1, -0.05) is 12.8 Å². The fraction of sp³-hybridized carbons (Fsp3) is 0.529. The summed E-state index contributed by atoms with van der Waals surface area (Å²) in [5.41, 5.74) is 2.03. The molecule has 0 bridgehead atoms. The van der Waals surface area contributed by atoms with Crippen LogP contribution in [0.1, 0.15) is 54.2 Å². The molecule has 1 saturated carbocycles. The van der Waals surface area contributed by atoms with Gasteiger partial charge in [0.25, 0.3) is 0 Å². The SMILES string of the molecule is CCOC(=O)c1nc2c(C#N)cnn2c2c1CCN2C1CCCC1. The van der Waals surface area contributed by atoms with Gasteiger partial charge in [0.15, 0.2) is 11.3 Å². The smallest absolute Gasteiger partial charge is 0.357 e. The Hall–Kier alpha value is -2.62. The van der Waals surface area contributed by atoms with E-state index in [0.29, 0.717) is 29.6 Å². The molecule has 1 aliphatic heterocycles. The summed E-state index contributed by atoms with van der Waals surface area (Å²) < 4.78 is 6.90. The molecule has 2 aromatic rings. The summed E-state index contributed by atoms with van der Waals surface area (Å²) in [5, 5.41) is 13.7. The first kappa shape index (κ1) is 14.9. The number of ether oxygens (including phenoxy) is 1. The quantitative estimate of drug-likeness (QED) is 0.804. The molecule has 2 aromatic heterocycles. The largest absolute Gasteiger partial charge is 0.461 e. The van der Waals surface area contributed by atoms with E-state index in [9.17, 15) is 10.1 Å². The van der Waals surface area contributed by atoms with Gasteiger partial charge in [0, 0.05) is 18.2 Å². The standard InChI is InChI=1S/C17H19N5O2/c1-2-24-17(23)14-13-7-8-21(12-5-3-4-6-12)16(13)22-15(20-14)11(9-18)10-19-22/h10,12H,2-8H2,1H3. The predicted molar refractivity (Wildman–Crippen MR) is 87.0 cm³/mol. The van der Waals surface area contributed by atoms with E-state index in [0.717, 1.165) is 37.2 Å². The minimum atomic E-state index is -0.422. The molecule has 7 nitrogen and oxygen atoms in total. The van der Waals surface area contributed by atoms with E-state index in [1.807, 2.05) is 0 Å². The van der Waals surface area contributed by atoms with Crippen LogP contribution in [0.3, 0.4) is 0 Å². The van der Waals surface area contributed by atoms with Gasteiger partial charge in [-0.2, -0.15) is 14.9 Å². The fourth-order valence-corrected chi connectivity index (χ4v) is 3.89. The third-order valence-electron chi connectivity index (χ3n) is 4.95. The van der Waals surface area contributed by atoms with Crippen molar-refractivity contribution in [3.63, 3.8) is 0 Å². The summed E-state index contributed by atoms with van der Waals surface area (Å²) in [6, 6.07) is 2.58. The van der Waals surface area contributed by atoms with Crippen molar-refractivity contribution < 1.29 is 9.53 Å². The lowest BCUT2D eigenvalue weighted by molar-refractivity contribution is 0.0518. The van der Waals surface area contributed by atoms with E-state index in [1.54, 1.807) is 11.4 Å². The summed E-state index contributed by atoms with van der Waals surface area (Å²) >= 11 is 0. The van der Waals surface area contributed by atoms with Gasteiger partial charge in [-0.15, -0.1) is 0 Å². The second-order valence-electron chi connectivity index (χ2n) is 6.27. The number of nitrogens with zero attached hydrogens (tertiary/aromatic N) is 5. The van der Waals surface area contributed by atoms with Crippen LogP contribution in [0.25, 0.3) is 5.65 Å². The van der Waals surface area contributed by atoms with Crippen molar-refractivity contribution in [2.24, 2.45) is 0 Å². The van der Waals surface area contributed by atoms with Crippen LogP contribution in [-0.2, 0) is 11.2 Å². The van der Waals surface area contributed by atoms with Crippen molar-refractivity contribution in [3.05, 3.63) is 23.0 Å². The van der Waals surface area contributed by atoms with E-state index in [2.05, 4.69) is 21.1 Å². The molecular weight excluding hydrogens is 306 g/mol. The zero-order valence-electron chi connectivity index (χ0n) is 13.7. The van der Waals surface area contributed by atoms with Crippen molar-refractivity contribution in [3.8, 4) is 6.07 Å². The fourth-order valence-electron chi connectivity index (χ4n) is 3.89. The molecule has 2 aliphatic rings. The maximum Gasteiger partial charge on any atom is 0.357 e. The lowest BCUT2D eigenvalue weighted by Gasteiger charge is -2.27. The van der Waals surface area contributed by atoms with Crippen molar-refractivity contribution >= 4 is 17.4 Å². The Morgan fingerprint density at radius 2 is 2.25 bits per heavy atom. The summed E-state index contributed by atoms with van der Waals surface area (Å²) in [7, 11) is 0. The van der Waals surface area contributed by atoms with Crippen LogP contribution >= 0.6 is 0 Å². The Bertz CT molecular complexity index is 845. The number of fused-ring (bicyclic) bond motifs is 3. The van der Waals surface area contributed by atoms with Gasteiger partial charge in [-0.05, 0) is 26.2 Å². The van der Waals surface area contributed by atoms with E-state index < -0.39 is 5.97 Å². The van der Waals surface area contributed by atoms with Crippen LogP contribution in [0.4, 0.5) is 5.82 Å². The molecule has 0 N–H and O–H groups in total. The molecule has 1 aliphatic carbocycles. The average molecular weight is 325 g/mol. The van der Waals surface area contributed by atoms with Crippen molar-refractivity contribution in [2.45, 2.75) is 45.1 Å². The number of carbonyl (C=O) groups excluding carboxylic acids is 1. The Kier molecular flexibility index (Phi) is 3.60. The lowest BCUT2D eigenvalue weighted by Crippen LogP contribution is -2.32. The molecule has 124 valence electrons. The van der Waals surface area contributed by atoms with Crippen LogP contribution in [0.2, 0.25) is 0 Å². The van der Waals surface area contributed by atoms with Crippen molar-refractivity contribution in [1.82, 2.24) is 14.6 Å². The Morgan fingerprint density at radius 3 is 2.96 bits per heavy atom. The van der Waals surface area contributed by atoms with Crippen LogP contribution in [0.5, 0.6) is 0 Å². The summed E-state index contributed by atoms with van der Waals surface area (Å²) in [4.78, 5) is 19.2. The Morgan fingerprint density at radius 1 is 1.46 bits per heavy atom. The molecule has 0 atom stereocenters. The van der Waals surface area contributed by atoms with Gasteiger partial charge >= 0.3 is 5.97 Å². The van der Waals surface area contributed by atoms with Gasteiger partial charge in [-0.3, -0.25) is 0 Å². The molecule has 0 unspecified atom stereocenters. The number of hydrogen-bond acceptors (Lipinski definition) is 6. The normalized spacial score (nSPS) is 17.2. The van der Waals surface area contributed by atoms with Crippen LogP contribution < -0.4 is 4.90 Å². The van der Waals surface area contributed by atoms with E-state index >= 15 is 0 Å². The van der Waals surface area contributed by atoms with Crippen LogP contribution in [0.15, 0.2) is 6.20 Å². The molecule has 0 aromatic carbocycles. The van der Waals surface area contributed by atoms with Gasteiger partial charge in [-0.25, -0.2) is 9.78 Å². The molecule has 7 heteroatoms. The molecule has 1 fully saturated rings. The number of carbonyl (C=O) groups is 1. The highest BCUT2D eigenvalue weighted by Crippen LogP contribution is 2.37. The van der Waals surface area contributed by atoms with Gasteiger partial charge in [0.1, 0.15) is 17.5 Å². The maximum atomic E-state index is 12.4. The highest BCUT2D eigenvalue weighted by molar-refractivity contribution is 5.92. The number of anilines is 1. The molecule has 0 spiro atoms. The Balaban J connectivity index is 1.92. The number of nitriles is 1. The first-order chi connectivity index (χ1) is 11.7. The number of hydrogen-bond donors (Lipinski definition) is 0. The monoisotopic (exact) mass is 325 g/mol. The Labute approximate surface area is 139 Å². The van der Waals surface area contributed by atoms with Gasteiger partial charge < -0.3 is 9.64 Å². The summed E-state index contributed by atoms with van der Waals surface area (Å²) in [6.07, 6.45) is 7.05. The maximum absolute atomic E-state index is 12.4. The molecule has 3 heterocycles. The van der Waals surface area contributed by atoms with Crippen molar-refractivity contribution in [1.29, 1.82) is 5.26 Å². The second kappa shape index (κ2) is 5.78. The molecule has 0 saturated heterocycles. The average Bonchev–Trinajstić information content (AvgIpc) is 3.31. The van der Waals surface area contributed by atoms with E-state index in [-0.39, 0.29) is 0 Å². The minimum Gasteiger partial charge on any atom is -0.461 e. The number of rotatable bonds is 3. The number of aromatic nitrogens is 3. The number of esters is 1. The second-order valence-corrected chi connectivity index (χ2v) is 6.27. The molecular formula is C17H19N5O2. The molecule has 24 heavy (non-hydrogen) atoms. The third kappa shape index (κ3) is 2.13. The lowest BCUT2D eigenvalue weighted by atomic mass is 10.2. The zero-order chi connectivity index (χ0) is 16.7. The van der Waals surface area contributed by atoms with Crippen molar-refractivity contribution in [2.75, 3.05) is 18.1 Å². The predicted octanol–water partition coefficient (Wildman–Crippen LogP) is 2.08. The summed E-state index contributed by atoms with van der Waals surface area (Å²) in [5.74, 6) is 0.492. The highest BCUT2D eigenvalue weighted by atomic mass is 16.5. The first-order valence-electron chi connectivity index (χ1n) is 8.49. The molecule has 0 amide bonds. The van der Waals surface area contributed by atoms with E-state index in [4.69, 9.17) is 4.74 Å². The minimum absolute atomic E-state index is 0.303.